The molecule has 25 heavy (non-hydrogen) atoms. The fourth-order valence-electron chi connectivity index (χ4n) is 2.38. The average molecular weight is 341 g/mol. The lowest BCUT2D eigenvalue weighted by Crippen LogP contribution is -1.96. The predicted octanol–water partition coefficient (Wildman–Crippen LogP) is 3.49. The summed E-state index contributed by atoms with van der Waals surface area (Å²) < 4.78 is 20.9. The molecule has 0 aliphatic carbocycles. The zero-order chi connectivity index (χ0) is 18.4. The van der Waals surface area contributed by atoms with Crippen LogP contribution >= 0.6 is 0 Å². The largest absolute Gasteiger partial charge is 0.504 e. The molecule has 0 amide bonds. The molecule has 0 spiro atoms. The number of methoxy groups -OCH3 is 4. The van der Waals surface area contributed by atoms with Crippen molar-refractivity contribution >= 4 is 11.6 Å². The van der Waals surface area contributed by atoms with Crippen LogP contribution in [0, 0.1) is 11.3 Å². The molecule has 1 N–H and O–H groups in total. The van der Waals surface area contributed by atoms with Crippen LogP contribution in [0.15, 0.2) is 30.3 Å². The van der Waals surface area contributed by atoms with Crippen molar-refractivity contribution in [2.75, 3.05) is 28.4 Å². The van der Waals surface area contributed by atoms with Crippen LogP contribution in [0.4, 0.5) is 0 Å². The van der Waals surface area contributed by atoms with E-state index in [1.165, 1.54) is 34.5 Å². The fourth-order valence-corrected chi connectivity index (χ4v) is 2.38. The summed E-state index contributed by atoms with van der Waals surface area (Å²) in [5.74, 6) is 1.72. The van der Waals surface area contributed by atoms with E-state index < -0.39 is 0 Å². The van der Waals surface area contributed by atoms with E-state index in [4.69, 9.17) is 18.9 Å². The topological polar surface area (TPSA) is 80.9 Å². The lowest BCUT2D eigenvalue weighted by molar-refractivity contribution is 0.324. The molecule has 0 aromatic heterocycles. The minimum atomic E-state index is -0.00145. The zero-order valence-electron chi connectivity index (χ0n) is 14.5. The van der Waals surface area contributed by atoms with Gasteiger partial charge in [0.15, 0.2) is 23.0 Å². The summed E-state index contributed by atoms with van der Waals surface area (Å²) in [5.41, 5.74) is 1.64. The van der Waals surface area contributed by atoms with Crippen LogP contribution in [-0.2, 0) is 0 Å². The number of aromatic hydroxyl groups is 1. The maximum atomic E-state index is 9.89. The van der Waals surface area contributed by atoms with Crippen molar-refractivity contribution in [1.29, 1.82) is 5.26 Å². The van der Waals surface area contributed by atoms with E-state index in [2.05, 4.69) is 6.07 Å². The van der Waals surface area contributed by atoms with Crippen molar-refractivity contribution in [2.45, 2.75) is 0 Å². The van der Waals surface area contributed by atoms with Crippen LogP contribution in [0.5, 0.6) is 28.7 Å². The summed E-state index contributed by atoms with van der Waals surface area (Å²) in [6.45, 7) is 0. The van der Waals surface area contributed by atoms with Gasteiger partial charge in [-0.25, -0.2) is 0 Å². The molecule has 0 unspecified atom stereocenters. The Morgan fingerprint density at radius 2 is 1.52 bits per heavy atom. The molecule has 0 atom stereocenters. The second-order valence-electron chi connectivity index (χ2n) is 5.02. The third-order valence-electron chi connectivity index (χ3n) is 3.61. The van der Waals surface area contributed by atoms with Gasteiger partial charge < -0.3 is 24.1 Å². The van der Waals surface area contributed by atoms with Gasteiger partial charge in [-0.05, 0) is 41.5 Å². The van der Waals surface area contributed by atoms with E-state index in [1.807, 2.05) is 0 Å². The van der Waals surface area contributed by atoms with Crippen LogP contribution in [0.1, 0.15) is 11.1 Å². The highest BCUT2D eigenvalue weighted by molar-refractivity contribution is 5.91. The third kappa shape index (κ3) is 3.78. The highest BCUT2D eigenvalue weighted by atomic mass is 16.5. The highest BCUT2D eigenvalue weighted by Crippen LogP contribution is 2.40. The second kappa shape index (κ2) is 7.97. The minimum absolute atomic E-state index is 0.00145. The standard InChI is InChI=1S/C19H19NO5/c1-22-16-6-5-12(8-15(16)21)7-14(11-20)13-9-17(23-2)19(25-4)18(10-13)24-3/h5-10,21H,1-4H3/b14-7-. The molecule has 0 aliphatic rings. The Morgan fingerprint density at radius 1 is 0.920 bits per heavy atom. The minimum Gasteiger partial charge on any atom is -0.504 e. The van der Waals surface area contributed by atoms with E-state index in [0.29, 0.717) is 39.7 Å². The molecule has 2 aromatic carbocycles. The van der Waals surface area contributed by atoms with Crippen LogP contribution < -0.4 is 18.9 Å². The van der Waals surface area contributed by atoms with Gasteiger partial charge >= 0.3 is 0 Å². The van der Waals surface area contributed by atoms with Crippen LogP contribution in [0.2, 0.25) is 0 Å². The summed E-state index contributed by atoms with van der Waals surface area (Å²) in [5, 5.41) is 19.4. The molecule has 0 fully saturated rings. The number of hydrogen-bond acceptors (Lipinski definition) is 6. The third-order valence-corrected chi connectivity index (χ3v) is 3.61. The molecule has 0 heterocycles. The van der Waals surface area contributed by atoms with Gasteiger partial charge in [-0.15, -0.1) is 0 Å². The number of benzene rings is 2. The fraction of sp³-hybridized carbons (Fsp3) is 0.211. The number of ether oxygens (including phenoxy) is 4. The first kappa shape index (κ1) is 18.0. The first-order valence-electron chi connectivity index (χ1n) is 7.37. The van der Waals surface area contributed by atoms with Crippen LogP contribution in [0.25, 0.3) is 11.6 Å². The van der Waals surface area contributed by atoms with E-state index in [1.54, 1.807) is 30.3 Å². The molecule has 0 aliphatic heterocycles. The molecule has 0 saturated heterocycles. The quantitative estimate of drug-likeness (QED) is 0.640. The van der Waals surface area contributed by atoms with E-state index in [-0.39, 0.29) is 5.75 Å². The van der Waals surface area contributed by atoms with Crippen molar-refractivity contribution < 1.29 is 24.1 Å². The monoisotopic (exact) mass is 341 g/mol. The van der Waals surface area contributed by atoms with E-state index >= 15 is 0 Å². The van der Waals surface area contributed by atoms with E-state index in [0.717, 1.165) is 0 Å². The van der Waals surface area contributed by atoms with Gasteiger partial charge in [-0.3, -0.25) is 0 Å². The number of nitriles is 1. The lowest BCUT2D eigenvalue weighted by atomic mass is 10.0. The Bertz CT molecular complexity index is 811. The van der Waals surface area contributed by atoms with Crippen molar-refractivity contribution in [3.05, 3.63) is 41.5 Å². The second-order valence-corrected chi connectivity index (χ2v) is 5.02. The van der Waals surface area contributed by atoms with Crippen molar-refractivity contribution in [3.63, 3.8) is 0 Å². The van der Waals surface area contributed by atoms with Gasteiger partial charge in [0.2, 0.25) is 5.75 Å². The number of nitrogens with zero attached hydrogens (tertiary/aromatic N) is 1. The van der Waals surface area contributed by atoms with Crippen molar-refractivity contribution in [1.82, 2.24) is 0 Å². The average Bonchev–Trinajstić information content (AvgIpc) is 2.64. The van der Waals surface area contributed by atoms with Gasteiger partial charge in [0.05, 0.1) is 40.1 Å². The normalized spacial score (nSPS) is 10.8. The summed E-state index contributed by atoms with van der Waals surface area (Å²) in [6, 6.07) is 10.4. The maximum absolute atomic E-state index is 9.89. The predicted molar refractivity (Wildman–Crippen MR) is 94.2 cm³/mol. The summed E-state index contributed by atoms with van der Waals surface area (Å²) >= 11 is 0. The first-order valence-corrected chi connectivity index (χ1v) is 7.37. The molecule has 0 saturated carbocycles. The number of hydrogen-bond donors (Lipinski definition) is 1. The molecule has 130 valence electrons. The Morgan fingerprint density at radius 3 is 1.96 bits per heavy atom. The molecular formula is C19H19NO5. The Hall–Kier alpha value is -3.33. The molecule has 2 aromatic rings. The number of rotatable bonds is 6. The highest BCUT2D eigenvalue weighted by Gasteiger charge is 2.15. The molecule has 6 nitrogen and oxygen atoms in total. The van der Waals surface area contributed by atoms with Gasteiger partial charge in [0.25, 0.3) is 0 Å². The first-order chi connectivity index (χ1) is 12.1. The molecule has 0 radical (unpaired) electrons. The van der Waals surface area contributed by atoms with Gasteiger partial charge in [0, 0.05) is 0 Å². The SMILES string of the molecule is COc1ccc(/C=C(/C#N)c2cc(OC)c(OC)c(OC)c2)cc1O. The summed E-state index contributed by atoms with van der Waals surface area (Å²) in [6.07, 6.45) is 1.65. The molecular weight excluding hydrogens is 322 g/mol. The maximum Gasteiger partial charge on any atom is 0.203 e. The lowest BCUT2D eigenvalue weighted by Gasteiger charge is -2.14. The number of phenols is 1. The Kier molecular flexibility index (Phi) is 5.75. The van der Waals surface area contributed by atoms with Gasteiger partial charge in [-0.2, -0.15) is 5.26 Å². The van der Waals surface area contributed by atoms with Crippen molar-refractivity contribution in [3.8, 4) is 34.8 Å². The Balaban J connectivity index is 2.54. The summed E-state index contributed by atoms with van der Waals surface area (Å²) in [4.78, 5) is 0. The summed E-state index contributed by atoms with van der Waals surface area (Å²) in [7, 11) is 6.01. The zero-order valence-corrected chi connectivity index (χ0v) is 14.5. The van der Waals surface area contributed by atoms with Gasteiger partial charge in [-0.1, -0.05) is 6.07 Å². The smallest absolute Gasteiger partial charge is 0.203 e. The van der Waals surface area contributed by atoms with E-state index in [9.17, 15) is 10.4 Å². The molecule has 0 bridgehead atoms. The van der Waals surface area contributed by atoms with Gasteiger partial charge in [0.1, 0.15) is 0 Å². The molecule has 2 rings (SSSR count). The van der Waals surface area contributed by atoms with Crippen molar-refractivity contribution in [2.24, 2.45) is 0 Å². The Labute approximate surface area is 146 Å². The molecule has 6 heteroatoms. The number of allylic oxidation sites excluding steroid dienone is 1. The van der Waals surface area contributed by atoms with Crippen LogP contribution in [-0.4, -0.2) is 33.5 Å². The van der Waals surface area contributed by atoms with Crippen LogP contribution in [0.3, 0.4) is 0 Å². The number of phenolic OH excluding ortho intramolecular Hbond substituents is 1.